The van der Waals surface area contributed by atoms with Crippen LogP contribution in [0.25, 0.3) is 0 Å². The summed E-state index contributed by atoms with van der Waals surface area (Å²) >= 11 is 0. The van der Waals surface area contributed by atoms with Gasteiger partial charge in [0, 0.05) is 24.3 Å². The number of H-pyrrole nitrogens is 1. The summed E-state index contributed by atoms with van der Waals surface area (Å²) in [5.74, 6) is 0. The molecular formula is C12H20N6. The lowest BCUT2D eigenvalue weighted by molar-refractivity contribution is 0.347. The zero-order valence-electron chi connectivity index (χ0n) is 11.3. The van der Waals surface area contributed by atoms with Gasteiger partial charge in [0.05, 0.1) is 23.6 Å². The van der Waals surface area contributed by atoms with E-state index in [4.69, 9.17) is 0 Å². The number of nitrogens with zero attached hydrogens (tertiary/aromatic N) is 4. The van der Waals surface area contributed by atoms with Crippen molar-refractivity contribution in [3.63, 3.8) is 0 Å². The highest BCUT2D eigenvalue weighted by Gasteiger charge is 2.15. The smallest absolute Gasteiger partial charge is 0.0965 e. The van der Waals surface area contributed by atoms with Crippen molar-refractivity contribution in [2.24, 2.45) is 0 Å². The van der Waals surface area contributed by atoms with Crippen molar-refractivity contribution in [1.82, 2.24) is 30.5 Å². The molecule has 2 aromatic rings. The van der Waals surface area contributed by atoms with Crippen molar-refractivity contribution in [3.05, 3.63) is 29.8 Å². The van der Waals surface area contributed by atoms with E-state index in [9.17, 15) is 0 Å². The van der Waals surface area contributed by atoms with Crippen LogP contribution in [0.5, 0.6) is 0 Å². The Hall–Kier alpha value is -1.69. The summed E-state index contributed by atoms with van der Waals surface area (Å²) in [5.41, 5.74) is 2.06. The van der Waals surface area contributed by atoms with Crippen LogP contribution in [-0.2, 0) is 12.1 Å². The van der Waals surface area contributed by atoms with Gasteiger partial charge in [0.15, 0.2) is 0 Å². The van der Waals surface area contributed by atoms with Crippen LogP contribution in [0.4, 0.5) is 0 Å². The van der Waals surface area contributed by atoms with Gasteiger partial charge in [-0.2, -0.15) is 5.10 Å². The molecule has 0 saturated carbocycles. The molecule has 0 aliphatic heterocycles. The molecule has 2 heterocycles. The molecule has 0 amide bonds. The molecular weight excluding hydrogens is 228 g/mol. The highest BCUT2D eigenvalue weighted by Crippen LogP contribution is 2.13. The van der Waals surface area contributed by atoms with Gasteiger partial charge in [0.25, 0.3) is 0 Å². The molecule has 2 N–H and O–H groups in total. The topological polar surface area (TPSA) is 71.4 Å². The summed E-state index contributed by atoms with van der Waals surface area (Å²) in [4.78, 5) is 0. The summed E-state index contributed by atoms with van der Waals surface area (Å²) in [6.07, 6.45) is 5.70. The van der Waals surface area contributed by atoms with Gasteiger partial charge < -0.3 is 5.32 Å². The second-order valence-electron chi connectivity index (χ2n) is 5.46. The molecule has 0 spiro atoms. The van der Waals surface area contributed by atoms with Gasteiger partial charge in [0.1, 0.15) is 0 Å². The molecule has 2 rings (SSSR count). The first-order valence-electron chi connectivity index (χ1n) is 6.10. The lowest BCUT2D eigenvalue weighted by Gasteiger charge is -2.17. The molecule has 0 aliphatic rings. The van der Waals surface area contributed by atoms with Crippen LogP contribution in [0.2, 0.25) is 0 Å². The van der Waals surface area contributed by atoms with Gasteiger partial charge in [-0.15, -0.1) is 5.10 Å². The monoisotopic (exact) mass is 248 g/mol. The third kappa shape index (κ3) is 2.95. The second-order valence-corrected chi connectivity index (χ2v) is 5.46. The minimum Gasteiger partial charge on any atom is -0.304 e. The van der Waals surface area contributed by atoms with Crippen molar-refractivity contribution in [3.8, 4) is 0 Å². The van der Waals surface area contributed by atoms with Crippen LogP contribution in [0.3, 0.4) is 0 Å². The van der Waals surface area contributed by atoms with Gasteiger partial charge in [-0.25, -0.2) is 4.68 Å². The summed E-state index contributed by atoms with van der Waals surface area (Å²) < 4.78 is 1.88. The highest BCUT2D eigenvalue weighted by atomic mass is 15.4. The van der Waals surface area contributed by atoms with E-state index >= 15 is 0 Å². The van der Waals surface area contributed by atoms with Crippen molar-refractivity contribution >= 4 is 0 Å². The van der Waals surface area contributed by atoms with Crippen molar-refractivity contribution < 1.29 is 0 Å². The normalized spacial score (nSPS) is 13.8. The van der Waals surface area contributed by atoms with E-state index in [0.29, 0.717) is 6.54 Å². The van der Waals surface area contributed by atoms with Crippen LogP contribution in [0, 0.1) is 0 Å². The van der Waals surface area contributed by atoms with E-state index in [1.54, 1.807) is 0 Å². The fourth-order valence-corrected chi connectivity index (χ4v) is 1.58. The Bertz CT molecular complexity index is 479. The molecule has 1 unspecified atom stereocenters. The molecule has 0 radical (unpaired) electrons. The van der Waals surface area contributed by atoms with Crippen LogP contribution in [0.1, 0.15) is 45.0 Å². The third-order valence-corrected chi connectivity index (χ3v) is 2.84. The Labute approximate surface area is 107 Å². The summed E-state index contributed by atoms with van der Waals surface area (Å²) in [7, 11) is 0. The molecule has 98 valence electrons. The summed E-state index contributed by atoms with van der Waals surface area (Å²) in [5, 5.41) is 18.4. The molecule has 6 nitrogen and oxygen atoms in total. The fraction of sp³-hybridized carbons (Fsp3) is 0.583. The van der Waals surface area contributed by atoms with E-state index in [1.807, 2.05) is 23.3 Å². The number of hydrogen-bond acceptors (Lipinski definition) is 4. The summed E-state index contributed by atoms with van der Waals surface area (Å²) in [6, 6.07) is 0.239. The molecule has 1 atom stereocenters. The fourth-order valence-electron chi connectivity index (χ4n) is 1.58. The molecule has 0 saturated heterocycles. The molecule has 0 fully saturated rings. The second kappa shape index (κ2) is 4.89. The highest BCUT2D eigenvalue weighted by molar-refractivity contribution is 5.08. The van der Waals surface area contributed by atoms with Gasteiger partial charge in [-0.3, -0.25) is 5.10 Å². The largest absolute Gasteiger partial charge is 0.304 e. The number of aromatic nitrogens is 5. The SMILES string of the molecule is CC(NCc1cn(C(C)(C)C)nn1)c1cn[nH]c1. The van der Waals surface area contributed by atoms with Gasteiger partial charge in [-0.05, 0) is 27.7 Å². The molecule has 0 aliphatic carbocycles. The van der Waals surface area contributed by atoms with Gasteiger partial charge >= 0.3 is 0 Å². The molecule has 0 bridgehead atoms. The molecule has 18 heavy (non-hydrogen) atoms. The Morgan fingerprint density at radius 3 is 2.78 bits per heavy atom. The van der Waals surface area contributed by atoms with Crippen molar-refractivity contribution in [1.29, 1.82) is 0 Å². The molecule has 6 heteroatoms. The number of nitrogens with one attached hydrogen (secondary N) is 2. The van der Waals surface area contributed by atoms with Crippen molar-refractivity contribution in [2.75, 3.05) is 0 Å². The first-order valence-corrected chi connectivity index (χ1v) is 6.10. The maximum Gasteiger partial charge on any atom is 0.0965 e. The zero-order chi connectivity index (χ0) is 13.2. The lowest BCUT2D eigenvalue weighted by Crippen LogP contribution is -2.22. The zero-order valence-corrected chi connectivity index (χ0v) is 11.3. The maximum atomic E-state index is 4.16. The van der Waals surface area contributed by atoms with E-state index in [2.05, 4.69) is 53.5 Å². The van der Waals surface area contributed by atoms with Gasteiger partial charge in [0.2, 0.25) is 0 Å². The van der Waals surface area contributed by atoms with E-state index < -0.39 is 0 Å². The Morgan fingerprint density at radius 1 is 1.44 bits per heavy atom. The molecule has 0 aromatic carbocycles. The maximum absolute atomic E-state index is 4.16. The van der Waals surface area contributed by atoms with Crippen molar-refractivity contribution in [2.45, 2.75) is 45.8 Å². The minimum absolute atomic E-state index is 0.0264. The minimum atomic E-state index is -0.0264. The Balaban J connectivity index is 1.93. The standard InChI is InChI=1S/C12H20N6/c1-9(10-5-14-15-6-10)13-7-11-8-18(17-16-11)12(2,3)4/h5-6,8-9,13H,7H2,1-4H3,(H,14,15). The Morgan fingerprint density at radius 2 is 2.22 bits per heavy atom. The van der Waals surface area contributed by atoms with E-state index in [1.165, 1.54) is 0 Å². The van der Waals surface area contributed by atoms with E-state index in [-0.39, 0.29) is 11.6 Å². The number of rotatable bonds is 4. The van der Waals surface area contributed by atoms with Crippen LogP contribution < -0.4 is 5.32 Å². The predicted molar refractivity (Wildman–Crippen MR) is 68.9 cm³/mol. The number of hydrogen-bond donors (Lipinski definition) is 2. The lowest BCUT2D eigenvalue weighted by atomic mass is 10.1. The predicted octanol–water partition coefficient (Wildman–Crippen LogP) is 1.61. The first kappa shape index (κ1) is 12.8. The third-order valence-electron chi connectivity index (χ3n) is 2.84. The first-order chi connectivity index (χ1) is 8.47. The van der Waals surface area contributed by atoms with Crippen LogP contribution >= 0.6 is 0 Å². The number of aromatic amines is 1. The average Bonchev–Trinajstić information content (AvgIpc) is 2.96. The Kier molecular flexibility index (Phi) is 3.47. The van der Waals surface area contributed by atoms with E-state index in [0.717, 1.165) is 11.3 Å². The molecule has 2 aromatic heterocycles. The summed E-state index contributed by atoms with van der Waals surface area (Å²) in [6.45, 7) is 9.11. The quantitative estimate of drug-likeness (QED) is 0.862. The van der Waals surface area contributed by atoms with Crippen LogP contribution in [0.15, 0.2) is 18.6 Å². The average molecular weight is 248 g/mol. The van der Waals surface area contributed by atoms with Crippen LogP contribution in [-0.4, -0.2) is 25.2 Å². The van der Waals surface area contributed by atoms with Gasteiger partial charge in [-0.1, -0.05) is 5.21 Å².